The lowest BCUT2D eigenvalue weighted by molar-refractivity contribution is 0.416. The van der Waals surface area contributed by atoms with E-state index < -0.39 is 0 Å². The molecule has 1 aromatic heterocycles. The molecule has 0 radical (unpaired) electrons. The van der Waals surface area contributed by atoms with E-state index >= 15 is 0 Å². The van der Waals surface area contributed by atoms with Crippen LogP contribution in [-0.4, -0.2) is 23.2 Å². The molecule has 0 fully saturated rings. The van der Waals surface area contributed by atoms with Gasteiger partial charge in [0.15, 0.2) is 0 Å². The highest BCUT2D eigenvalue weighted by Crippen LogP contribution is 2.32. The summed E-state index contributed by atoms with van der Waals surface area (Å²) in [5.74, 6) is 1.96. The minimum Gasteiger partial charge on any atom is -0.496 e. The number of aryl methyl sites for hydroxylation is 1. The first-order valence-corrected chi connectivity index (χ1v) is 8.61. The number of ether oxygens (including phenoxy) is 1. The van der Waals surface area contributed by atoms with Crippen LogP contribution in [0.3, 0.4) is 0 Å². The molecular formula is C20H25N3O. The summed E-state index contributed by atoms with van der Waals surface area (Å²) in [7, 11) is 1.70. The van der Waals surface area contributed by atoms with Gasteiger partial charge in [-0.05, 0) is 36.7 Å². The monoisotopic (exact) mass is 323 g/mol. The van der Waals surface area contributed by atoms with Crippen molar-refractivity contribution < 1.29 is 4.74 Å². The van der Waals surface area contributed by atoms with Crippen molar-refractivity contribution in [2.75, 3.05) is 13.7 Å². The van der Waals surface area contributed by atoms with Gasteiger partial charge in [0.05, 0.1) is 18.1 Å². The Balaban J connectivity index is 2.08. The second-order valence-electron chi connectivity index (χ2n) is 5.98. The minimum absolute atomic E-state index is 0.620. The number of nitrogens with two attached hydrogens (primary N) is 1. The number of hydrogen-bond acceptors (Lipinski definition) is 3. The van der Waals surface area contributed by atoms with Crippen LogP contribution in [0.1, 0.15) is 25.6 Å². The lowest BCUT2D eigenvalue weighted by atomic mass is 10.0. The quantitative estimate of drug-likeness (QED) is 0.714. The third kappa shape index (κ3) is 3.15. The molecular weight excluding hydrogens is 298 g/mol. The van der Waals surface area contributed by atoms with E-state index in [4.69, 9.17) is 15.5 Å². The average molecular weight is 323 g/mol. The smallest absolute Gasteiger partial charge is 0.126 e. The van der Waals surface area contributed by atoms with Gasteiger partial charge >= 0.3 is 0 Å². The summed E-state index contributed by atoms with van der Waals surface area (Å²) >= 11 is 0. The van der Waals surface area contributed by atoms with Gasteiger partial charge in [-0.15, -0.1) is 0 Å². The molecule has 0 unspecified atom stereocenters. The Kier molecular flexibility index (Phi) is 5.16. The summed E-state index contributed by atoms with van der Waals surface area (Å²) in [5, 5.41) is 0. The van der Waals surface area contributed by atoms with Crippen molar-refractivity contribution in [1.29, 1.82) is 0 Å². The fraction of sp³-hybridized carbons (Fsp3) is 0.350. The third-order valence-electron chi connectivity index (χ3n) is 4.35. The summed E-state index contributed by atoms with van der Waals surface area (Å²) in [6.07, 6.45) is 3.13. The van der Waals surface area contributed by atoms with Gasteiger partial charge in [0.25, 0.3) is 0 Å². The van der Waals surface area contributed by atoms with E-state index in [0.29, 0.717) is 6.54 Å². The van der Waals surface area contributed by atoms with Crippen molar-refractivity contribution in [1.82, 2.24) is 9.55 Å². The van der Waals surface area contributed by atoms with Gasteiger partial charge in [0.1, 0.15) is 11.6 Å². The maximum Gasteiger partial charge on any atom is 0.126 e. The Morgan fingerprint density at radius 2 is 2.00 bits per heavy atom. The Morgan fingerprint density at radius 1 is 1.17 bits per heavy atom. The van der Waals surface area contributed by atoms with Crippen LogP contribution in [0.4, 0.5) is 0 Å². The molecule has 0 saturated carbocycles. The first-order chi connectivity index (χ1) is 11.8. The molecule has 4 nitrogen and oxygen atoms in total. The molecule has 24 heavy (non-hydrogen) atoms. The number of fused-ring (bicyclic) bond motifs is 1. The van der Waals surface area contributed by atoms with Crippen LogP contribution in [-0.2, 0) is 13.0 Å². The maximum atomic E-state index is 5.77. The number of nitrogens with zero attached hydrogens (tertiary/aromatic N) is 2. The molecule has 3 rings (SSSR count). The predicted molar refractivity (Wildman–Crippen MR) is 99.4 cm³/mol. The topological polar surface area (TPSA) is 53.1 Å². The third-order valence-corrected chi connectivity index (χ3v) is 4.35. The summed E-state index contributed by atoms with van der Waals surface area (Å²) < 4.78 is 7.81. The van der Waals surface area contributed by atoms with E-state index in [1.165, 1.54) is 11.9 Å². The number of imidazole rings is 1. The molecule has 0 aliphatic rings. The standard InChI is InChI=1S/C20H25N3O/c1-3-4-13-23-18-10-9-15(14-17(18)22-20(23)11-12-21)16-7-5-6-8-19(16)24-2/h5-10,14H,3-4,11-13,21H2,1-2H3. The first kappa shape index (κ1) is 16.5. The molecule has 0 aliphatic heterocycles. The number of para-hydroxylation sites is 1. The summed E-state index contributed by atoms with van der Waals surface area (Å²) in [5.41, 5.74) is 10.2. The molecule has 1 heterocycles. The molecule has 3 aromatic rings. The van der Waals surface area contributed by atoms with Gasteiger partial charge in [-0.1, -0.05) is 37.6 Å². The van der Waals surface area contributed by atoms with Crippen molar-refractivity contribution in [2.24, 2.45) is 5.73 Å². The molecule has 0 spiro atoms. The van der Waals surface area contributed by atoms with Crippen LogP contribution in [0.25, 0.3) is 22.2 Å². The first-order valence-electron chi connectivity index (χ1n) is 8.61. The highest BCUT2D eigenvalue weighted by Gasteiger charge is 2.12. The van der Waals surface area contributed by atoms with Crippen molar-refractivity contribution in [3.63, 3.8) is 0 Å². The Bertz CT molecular complexity index is 823. The normalized spacial score (nSPS) is 11.1. The lowest BCUT2D eigenvalue weighted by Crippen LogP contribution is -2.10. The maximum absolute atomic E-state index is 5.77. The predicted octanol–water partition coefficient (Wildman–Crippen LogP) is 4.01. The number of methoxy groups -OCH3 is 1. The van der Waals surface area contributed by atoms with Crippen molar-refractivity contribution in [2.45, 2.75) is 32.7 Å². The van der Waals surface area contributed by atoms with Crippen LogP contribution < -0.4 is 10.5 Å². The lowest BCUT2D eigenvalue weighted by Gasteiger charge is -2.09. The van der Waals surface area contributed by atoms with E-state index in [9.17, 15) is 0 Å². The van der Waals surface area contributed by atoms with Gasteiger partial charge in [0, 0.05) is 18.5 Å². The number of benzene rings is 2. The van der Waals surface area contributed by atoms with Crippen molar-refractivity contribution in [3.8, 4) is 16.9 Å². The van der Waals surface area contributed by atoms with Crippen LogP contribution in [0.15, 0.2) is 42.5 Å². The number of hydrogen-bond donors (Lipinski definition) is 1. The summed E-state index contributed by atoms with van der Waals surface area (Å²) in [4.78, 5) is 4.84. The summed E-state index contributed by atoms with van der Waals surface area (Å²) in [6, 6.07) is 14.5. The molecule has 126 valence electrons. The molecule has 0 aliphatic carbocycles. The molecule has 4 heteroatoms. The van der Waals surface area contributed by atoms with Crippen molar-refractivity contribution >= 4 is 11.0 Å². The molecule has 0 atom stereocenters. The zero-order valence-electron chi connectivity index (χ0n) is 14.5. The van der Waals surface area contributed by atoms with Crippen LogP contribution in [0, 0.1) is 0 Å². The second-order valence-corrected chi connectivity index (χ2v) is 5.98. The van der Waals surface area contributed by atoms with E-state index in [0.717, 1.165) is 47.6 Å². The van der Waals surface area contributed by atoms with Crippen LogP contribution in [0.5, 0.6) is 5.75 Å². The number of aromatic nitrogens is 2. The SMILES string of the molecule is CCCCn1c(CCN)nc2cc(-c3ccccc3OC)ccc21. The molecule has 0 saturated heterocycles. The van der Waals surface area contributed by atoms with Gasteiger partial charge in [0.2, 0.25) is 0 Å². The van der Waals surface area contributed by atoms with E-state index in [1.54, 1.807) is 7.11 Å². The minimum atomic E-state index is 0.620. The average Bonchev–Trinajstić information content (AvgIpc) is 2.96. The summed E-state index contributed by atoms with van der Waals surface area (Å²) in [6.45, 7) is 3.83. The second kappa shape index (κ2) is 7.49. The fourth-order valence-electron chi connectivity index (χ4n) is 3.12. The Labute approximate surface area is 143 Å². The Morgan fingerprint density at radius 3 is 2.75 bits per heavy atom. The zero-order valence-corrected chi connectivity index (χ0v) is 14.5. The fourth-order valence-corrected chi connectivity index (χ4v) is 3.12. The van der Waals surface area contributed by atoms with Crippen LogP contribution >= 0.6 is 0 Å². The number of unbranched alkanes of at least 4 members (excludes halogenated alkanes) is 1. The molecule has 2 aromatic carbocycles. The largest absolute Gasteiger partial charge is 0.496 e. The zero-order chi connectivity index (χ0) is 16.9. The van der Waals surface area contributed by atoms with E-state index in [1.807, 2.05) is 18.2 Å². The van der Waals surface area contributed by atoms with Crippen LogP contribution in [0.2, 0.25) is 0 Å². The van der Waals surface area contributed by atoms with Gasteiger partial charge < -0.3 is 15.0 Å². The van der Waals surface area contributed by atoms with E-state index in [2.05, 4.69) is 35.8 Å². The van der Waals surface area contributed by atoms with Crippen molar-refractivity contribution in [3.05, 3.63) is 48.3 Å². The van der Waals surface area contributed by atoms with Gasteiger partial charge in [-0.25, -0.2) is 4.98 Å². The number of rotatable bonds is 7. The van der Waals surface area contributed by atoms with E-state index in [-0.39, 0.29) is 0 Å². The highest BCUT2D eigenvalue weighted by atomic mass is 16.5. The Hall–Kier alpha value is -2.33. The highest BCUT2D eigenvalue weighted by molar-refractivity contribution is 5.84. The molecule has 0 amide bonds. The van der Waals surface area contributed by atoms with Gasteiger partial charge in [-0.3, -0.25) is 0 Å². The van der Waals surface area contributed by atoms with Gasteiger partial charge in [-0.2, -0.15) is 0 Å². The molecule has 2 N–H and O–H groups in total. The molecule has 0 bridgehead atoms.